The molecule has 178 valence electrons. The summed E-state index contributed by atoms with van der Waals surface area (Å²) in [6.45, 7) is 11.3. The standard InChI is InChI=1S/C25H46N4O2/c1-7-9-10-11-12-13-14-15-16-17-24(31)29(18-8-2)20-23(30)26-22-19-21(25(3,4)5)27-28(22)6/h19H,7-18,20H2,1-6H3,(H,26,30). The zero-order chi connectivity index (χ0) is 23.3. The fourth-order valence-electron chi connectivity index (χ4n) is 3.61. The molecule has 1 aromatic rings. The highest BCUT2D eigenvalue weighted by Crippen LogP contribution is 2.23. The zero-order valence-electron chi connectivity index (χ0n) is 20.9. The Morgan fingerprint density at radius 3 is 2.06 bits per heavy atom. The molecule has 1 heterocycles. The first-order valence-corrected chi connectivity index (χ1v) is 12.3. The molecule has 0 radical (unpaired) electrons. The molecule has 0 atom stereocenters. The largest absolute Gasteiger partial charge is 0.333 e. The topological polar surface area (TPSA) is 67.2 Å². The monoisotopic (exact) mass is 434 g/mol. The lowest BCUT2D eigenvalue weighted by Crippen LogP contribution is -2.38. The molecule has 1 aromatic heterocycles. The minimum absolute atomic E-state index is 0.0829. The van der Waals surface area contributed by atoms with E-state index in [1.807, 2.05) is 20.0 Å². The van der Waals surface area contributed by atoms with Gasteiger partial charge in [-0.05, 0) is 12.8 Å². The number of carbonyl (C=O) groups excluding carboxylic acids is 2. The molecular formula is C25H46N4O2. The number of unbranched alkanes of at least 4 members (excludes halogenated alkanes) is 8. The van der Waals surface area contributed by atoms with Crippen LogP contribution in [0.5, 0.6) is 0 Å². The molecule has 0 aliphatic heterocycles. The molecule has 1 rings (SSSR count). The highest BCUT2D eigenvalue weighted by molar-refractivity contribution is 5.94. The number of nitrogens with one attached hydrogen (secondary N) is 1. The van der Waals surface area contributed by atoms with Crippen molar-refractivity contribution in [2.24, 2.45) is 7.05 Å². The molecule has 6 nitrogen and oxygen atoms in total. The van der Waals surface area contributed by atoms with Gasteiger partial charge in [-0.25, -0.2) is 0 Å². The number of carbonyl (C=O) groups is 2. The summed E-state index contributed by atoms with van der Waals surface area (Å²) < 4.78 is 1.69. The maximum absolute atomic E-state index is 12.7. The van der Waals surface area contributed by atoms with Crippen LogP contribution >= 0.6 is 0 Å². The van der Waals surface area contributed by atoms with Gasteiger partial charge in [0.1, 0.15) is 5.82 Å². The summed E-state index contributed by atoms with van der Waals surface area (Å²) >= 11 is 0. The van der Waals surface area contributed by atoms with Crippen LogP contribution < -0.4 is 5.32 Å². The van der Waals surface area contributed by atoms with Gasteiger partial charge in [0.25, 0.3) is 0 Å². The molecule has 0 aromatic carbocycles. The van der Waals surface area contributed by atoms with Crippen molar-refractivity contribution in [1.82, 2.24) is 14.7 Å². The third-order valence-corrected chi connectivity index (χ3v) is 5.59. The van der Waals surface area contributed by atoms with Gasteiger partial charge >= 0.3 is 0 Å². The normalized spacial score (nSPS) is 11.5. The van der Waals surface area contributed by atoms with E-state index in [1.165, 1.54) is 44.9 Å². The van der Waals surface area contributed by atoms with Crippen molar-refractivity contribution in [2.75, 3.05) is 18.4 Å². The fourth-order valence-corrected chi connectivity index (χ4v) is 3.61. The molecule has 0 fully saturated rings. The number of hydrogen-bond donors (Lipinski definition) is 1. The fraction of sp³-hybridized carbons (Fsp3) is 0.800. The van der Waals surface area contributed by atoms with E-state index in [-0.39, 0.29) is 23.8 Å². The molecule has 0 saturated heterocycles. The predicted octanol–water partition coefficient (Wildman–Crippen LogP) is 5.82. The zero-order valence-corrected chi connectivity index (χ0v) is 20.9. The van der Waals surface area contributed by atoms with E-state index >= 15 is 0 Å². The second kappa shape index (κ2) is 14.3. The number of aromatic nitrogens is 2. The van der Waals surface area contributed by atoms with E-state index in [2.05, 4.69) is 38.1 Å². The van der Waals surface area contributed by atoms with Crippen LogP contribution in [0.25, 0.3) is 0 Å². The van der Waals surface area contributed by atoms with Crippen LogP contribution in [-0.2, 0) is 22.1 Å². The Balaban J connectivity index is 2.41. The van der Waals surface area contributed by atoms with Crippen LogP contribution in [0.4, 0.5) is 5.82 Å². The van der Waals surface area contributed by atoms with Crippen molar-refractivity contribution < 1.29 is 9.59 Å². The quantitative estimate of drug-likeness (QED) is 0.354. The van der Waals surface area contributed by atoms with Gasteiger partial charge < -0.3 is 10.2 Å². The number of nitrogens with zero attached hydrogens (tertiary/aromatic N) is 3. The van der Waals surface area contributed by atoms with Gasteiger partial charge in [-0.15, -0.1) is 0 Å². The highest BCUT2D eigenvalue weighted by Gasteiger charge is 2.21. The predicted molar refractivity (Wildman–Crippen MR) is 129 cm³/mol. The Bertz CT molecular complexity index is 661. The van der Waals surface area contributed by atoms with Gasteiger partial charge in [-0.1, -0.05) is 86.0 Å². The summed E-state index contributed by atoms with van der Waals surface area (Å²) in [7, 11) is 1.82. The summed E-state index contributed by atoms with van der Waals surface area (Å²) in [5.41, 5.74) is 0.845. The Morgan fingerprint density at radius 2 is 1.55 bits per heavy atom. The lowest BCUT2D eigenvalue weighted by atomic mass is 9.92. The van der Waals surface area contributed by atoms with Crippen LogP contribution in [0.3, 0.4) is 0 Å². The summed E-state index contributed by atoms with van der Waals surface area (Å²) in [6, 6.07) is 1.91. The second-order valence-electron chi connectivity index (χ2n) is 9.73. The van der Waals surface area contributed by atoms with Gasteiger partial charge in [0.2, 0.25) is 11.8 Å². The maximum atomic E-state index is 12.7. The van der Waals surface area contributed by atoms with Crippen LogP contribution in [0, 0.1) is 0 Å². The minimum Gasteiger partial charge on any atom is -0.333 e. The molecule has 0 saturated carbocycles. The van der Waals surface area contributed by atoms with Crippen molar-refractivity contribution in [3.8, 4) is 0 Å². The third kappa shape index (κ3) is 10.8. The molecular weight excluding hydrogens is 388 g/mol. The van der Waals surface area contributed by atoms with E-state index in [0.29, 0.717) is 18.8 Å². The first-order chi connectivity index (χ1) is 14.7. The maximum Gasteiger partial charge on any atom is 0.245 e. The summed E-state index contributed by atoms with van der Waals surface area (Å²) in [5, 5.41) is 7.41. The average molecular weight is 435 g/mol. The van der Waals surface area contributed by atoms with Crippen molar-refractivity contribution in [1.29, 1.82) is 0 Å². The van der Waals surface area contributed by atoms with Crippen LogP contribution in [-0.4, -0.2) is 39.6 Å². The van der Waals surface area contributed by atoms with E-state index in [9.17, 15) is 9.59 Å². The molecule has 0 aliphatic carbocycles. The first kappa shape index (κ1) is 27.2. The Kier molecular flexibility index (Phi) is 12.5. The Labute approximate surface area is 190 Å². The Morgan fingerprint density at radius 1 is 0.968 bits per heavy atom. The van der Waals surface area contributed by atoms with Gasteiger partial charge in [0.15, 0.2) is 0 Å². The Hall–Kier alpha value is -1.85. The molecule has 0 bridgehead atoms. The lowest BCUT2D eigenvalue weighted by molar-refractivity contribution is -0.134. The minimum atomic E-state index is -0.169. The number of hydrogen-bond acceptors (Lipinski definition) is 3. The molecule has 0 aliphatic rings. The third-order valence-electron chi connectivity index (χ3n) is 5.59. The van der Waals surface area contributed by atoms with Gasteiger partial charge in [-0.3, -0.25) is 14.3 Å². The van der Waals surface area contributed by atoms with Gasteiger partial charge in [0, 0.05) is 31.5 Å². The molecule has 0 spiro atoms. The van der Waals surface area contributed by atoms with Crippen molar-refractivity contribution >= 4 is 17.6 Å². The van der Waals surface area contributed by atoms with Crippen molar-refractivity contribution in [2.45, 2.75) is 111 Å². The summed E-state index contributed by atoms with van der Waals surface area (Å²) in [4.78, 5) is 26.9. The molecule has 1 N–H and O–H groups in total. The molecule has 6 heteroatoms. The SMILES string of the molecule is CCCCCCCCCCCC(=O)N(CCC)CC(=O)Nc1cc(C(C)(C)C)nn1C. The highest BCUT2D eigenvalue weighted by atomic mass is 16.2. The van der Waals surface area contributed by atoms with Crippen LogP contribution in [0.15, 0.2) is 6.07 Å². The van der Waals surface area contributed by atoms with Gasteiger partial charge in [-0.2, -0.15) is 5.10 Å². The average Bonchev–Trinajstić information content (AvgIpc) is 3.07. The molecule has 0 unspecified atom stereocenters. The number of anilines is 1. The molecule has 31 heavy (non-hydrogen) atoms. The second-order valence-corrected chi connectivity index (χ2v) is 9.73. The van der Waals surface area contributed by atoms with Crippen molar-refractivity contribution in [3.05, 3.63) is 11.8 Å². The van der Waals surface area contributed by atoms with E-state index in [1.54, 1.807) is 9.58 Å². The van der Waals surface area contributed by atoms with Gasteiger partial charge in [0.05, 0.1) is 12.2 Å². The van der Waals surface area contributed by atoms with E-state index < -0.39 is 0 Å². The van der Waals surface area contributed by atoms with Crippen molar-refractivity contribution in [3.63, 3.8) is 0 Å². The number of rotatable bonds is 15. The molecule has 2 amide bonds. The number of aryl methyl sites for hydroxylation is 1. The summed E-state index contributed by atoms with van der Waals surface area (Å²) in [6.07, 6.45) is 12.5. The van der Waals surface area contributed by atoms with E-state index in [0.717, 1.165) is 25.0 Å². The smallest absolute Gasteiger partial charge is 0.245 e. The summed E-state index contributed by atoms with van der Waals surface area (Å²) in [5.74, 6) is 0.579. The van der Waals surface area contributed by atoms with Crippen LogP contribution in [0.1, 0.15) is 111 Å². The lowest BCUT2D eigenvalue weighted by Gasteiger charge is -2.21. The first-order valence-electron chi connectivity index (χ1n) is 12.3. The van der Waals surface area contributed by atoms with Crippen LogP contribution in [0.2, 0.25) is 0 Å². The van der Waals surface area contributed by atoms with E-state index in [4.69, 9.17) is 0 Å². The number of amides is 2.